The van der Waals surface area contributed by atoms with Crippen LogP contribution in [0.2, 0.25) is 0 Å². The Hall–Kier alpha value is -0.650. The highest BCUT2D eigenvalue weighted by molar-refractivity contribution is 5.79. The normalized spacial score (nSPS) is 32.2. The van der Waals surface area contributed by atoms with Gasteiger partial charge in [0.05, 0.1) is 0 Å². The van der Waals surface area contributed by atoms with Crippen molar-refractivity contribution >= 4 is 5.84 Å². The minimum Gasteiger partial charge on any atom is -0.339 e. The fraction of sp³-hybridized carbons (Fsp3) is 0.875. The van der Waals surface area contributed by atoms with Crippen LogP contribution < -0.4 is 11.2 Å². The Labute approximate surface area is 78.3 Å². The second kappa shape index (κ2) is 3.25. The lowest BCUT2D eigenvalue weighted by molar-refractivity contribution is -0.212. The van der Waals surface area contributed by atoms with E-state index in [9.17, 15) is 0 Å². The summed E-state index contributed by atoms with van der Waals surface area (Å²) in [7, 11) is 0. The van der Waals surface area contributed by atoms with E-state index < -0.39 is 11.4 Å². The van der Waals surface area contributed by atoms with E-state index in [-0.39, 0.29) is 0 Å². The SMILES string of the molecule is CCOC1(N)N=C(C)NOC1(C)C. The van der Waals surface area contributed by atoms with Gasteiger partial charge in [-0.2, -0.15) is 0 Å². The van der Waals surface area contributed by atoms with Crippen molar-refractivity contribution in [2.24, 2.45) is 10.7 Å². The number of ether oxygens (including phenoxy) is 1. The molecule has 13 heavy (non-hydrogen) atoms. The van der Waals surface area contributed by atoms with Crippen molar-refractivity contribution in [3.63, 3.8) is 0 Å². The molecule has 0 aromatic carbocycles. The van der Waals surface area contributed by atoms with Crippen molar-refractivity contribution in [1.29, 1.82) is 0 Å². The largest absolute Gasteiger partial charge is 0.339 e. The van der Waals surface area contributed by atoms with Crippen LogP contribution in [0.5, 0.6) is 0 Å². The highest BCUT2D eigenvalue weighted by atomic mass is 16.7. The van der Waals surface area contributed by atoms with Gasteiger partial charge in [-0.15, -0.1) is 0 Å². The topological polar surface area (TPSA) is 68.9 Å². The second-order valence-electron chi connectivity index (χ2n) is 3.54. The standard InChI is InChI=1S/C8H17N3O2/c1-5-12-8(9)7(3,4)13-11-6(2)10-8/h5,9H2,1-4H3,(H,10,11). The first kappa shape index (κ1) is 10.4. The van der Waals surface area contributed by atoms with Crippen molar-refractivity contribution in [3.05, 3.63) is 0 Å². The number of amidine groups is 1. The molecule has 0 radical (unpaired) electrons. The Bertz CT molecular complexity index is 227. The second-order valence-corrected chi connectivity index (χ2v) is 3.54. The molecule has 0 saturated carbocycles. The predicted octanol–water partition coefficient (Wildman–Crippen LogP) is 0.367. The maximum atomic E-state index is 5.96. The molecule has 1 aliphatic rings. The van der Waals surface area contributed by atoms with Crippen LogP contribution in [0.15, 0.2) is 4.99 Å². The van der Waals surface area contributed by atoms with Crippen LogP contribution in [-0.4, -0.2) is 23.9 Å². The van der Waals surface area contributed by atoms with Gasteiger partial charge in [-0.3, -0.25) is 16.1 Å². The molecule has 5 nitrogen and oxygen atoms in total. The Kier molecular flexibility index (Phi) is 2.61. The van der Waals surface area contributed by atoms with Crippen molar-refractivity contribution in [2.45, 2.75) is 39.1 Å². The van der Waals surface area contributed by atoms with E-state index in [1.807, 2.05) is 20.8 Å². The molecule has 0 bridgehead atoms. The summed E-state index contributed by atoms with van der Waals surface area (Å²) in [6.07, 6.45) is 0. The first-order valence-electron chi connectivity index (χ1n) is 4.34. The fourth-order valence-corrected chi connectivity index (χ4v) is 1.11. The summed E-state index contributed by atoms with van der Waals surface area (Å²) in [6, 6.07) is 0. The van der Waals surface area contributed by atoms with Gasteiger partial charge in [0.1, 0.15) is 5.84 Å². The summed E-state index contributed by atoms with van der Waals surface area (Å²) < 4.78 is 5.38. The molecule has 1 heterocycles. The van der Waals surface area contributed by atoms with E-state index in [0.29, 0.717) is 12.4 Å². The molecule has 0 saturated heterocycles. The average molecular weight is 187 g/mol. The van der Waals surface area contributed by atoms with E-state index in [1.54, 1.807) is 6.92 Å². The Morgan fingerprint density at radius 3 is 2.77 bits per heavy atom. The molecule has 5 heteroatoms. The smallest absolute Gasteiger partial charge is 0.246 e. The first-order chi connectivity index (χ1) is 5.91. The fourth-order valence-electron chi connectivity index (χ4n) is 1.11. The van der Waals surface area contributed by atoms with Crippen LogP contribution in [0, 0.1) is 0 Å². The minimum absolute atomic E-state index is 0.500. The minimum atomic E-state index is -1.10. The zero-order valence-corrected chi connectivity index (χ0v) is 8.55. The lowest BCUT2D eigenvalue weighted by Gasteiger charge is -2.42. The average Bonchev–Trinajstić information content (AvgIpc) is 1.99. The summed E-state index contributed by atoms with van der Waals surface area (Å²) in [5, 5.41) is 0. The highest BCUT2D eigenvalue weighted by Gasteiger charge is 2.47. The molecule has 1 aliphatic heterocycles. The van der Waals surface area contributed by atoms with Crippen LogP contribution in [0.25, 0.3) is 0 Å². The molecule has 1 unspecified atom stereocenters. The first-order valence-corrected chi connectivity index (χ1v) is 4.34. The summed E-state index contributed by atoms with van der Waals surface area (Å²) in [5.74, 6) is -0.479. The Morgan fingerprint density at radius 1 is 1.62 bits per heavy atom. The number of aliphatic imine (C=N–C) groups is 1. The number of nitrogens with two attached hydrogens (primary N) is 1. The molecule has 0 fully saturated rings. The highest BCUT2D eigenvalue weighted by Crippen LogP contribution is 2.28. The number of nitrogens with zero attached hydrogens (tertiary/aromatic N) is 1. The van der Waals surface area contributed by atoms with Gasteiger partial charge in [-0.05, 0) is 27.7 Å². The van der Waals surface area contributed by atoms with Gasteiger partial charge in [-0.25, -0.2) is 4.99 Å². The molecule has 0 amide bonds. The van der Waals surface area contributed by atoms with Gasteiger partial charge in [0.25, 0.3) is 0 Å². The van der Waals surface area contributed by atoms with E-state index in [4.69, 9.17) is 15.3 Å². The van der Waals surface area contributed by atoms with Crippen molar-refractivity contribution in [2.75, 3.05) is 6.61 Å². The zero-order chi connectivity index (χ0) is 10.1. The Morgan fingerprint density at radius 2 is 2.23 bits per heavy atom. The summed E-state index contributed by atoms with van der Waals surface area (Å²) in [5.41, 5.74) is 7.96. The molecule has 0 aromatic heterocycles. The zero-order valence-electron chi connectivity index (χ0n) is 8.55. The number of nitrogens with one attached hydrogen (secondary N) is 1. The van der Waals surface area contributed by atoms with Gasteiger partial charge in [-0.1, -0.05) is 0 Å². The molecular formula is C8H17N3O2. The molecule has 0 aliphatic carbocycles. The number of hydrogen-bond acceptors (Lipinski definition) is 5. The third-order valence-electron chi connectivity index (χ3n) is 2.01. The van der Waals surface area contributed by atoms with E-state index in [0.717, 1.165) is 0 Å². The van der Waals surface area contributed by atoms with Crippen LogP contribution in [0.4, 0.5) is 0 Å². The summed E-state index contributed by atoms with van der Waals surface area (Å²) in [4.78, 5) is 9.51. The van der Waals surface area contributed by atoms with Crippen LogP contribution in [-0.2, 0) is 9.57 Å². The Balaban J connectivity index is 2.93. The predicted molar refractivity (Wildman–Crippen MR) is 50.0 cm³/mol. The third kappa shape index (κ3) is 1.82. The number of hydroxylamine groups is 1. The van der Waals surface area contributed by atoms with E-state index in [2.05, 4.69) is 10.5 Å². The maximum absolute atomic E-state index is 5.96. The van der Waals surface area contributed by atoms with E-state index in [1.165, 1.54) is 0 Å². The lowest BCUT2D eigenvalue weighted by Crippen LogP contribution is -2.64. The number of hydrogen-bond donors (Lipinski definition) is 2. The lowest BCUT2D eigenvalue weighted by atomic mass is 10.0. The molecule has 0 spiro atoms. The summed E-state index contributed by atoms with van der Waals surface area (Å²) >= 11 is 0. The molecule has 1 atom stereocenters. The van der Waals surface area contributed by atoms with Crippen LogP contribution in [0.3, 0.4) is 0 Å². The third-order valence-corrected chi connectivity index (χ3v) is 2.01. The van der Waals surface area contributed by atoms with Gasteiger partial charge in [0.2, 0.25) is 5.85 Å². The molecule has 0 aromatic rings. The van der Waals surface area contributed by atoms with Gasteiger partial charge in [0, 0.05) is 6.61 Å². The van der Waals surface area contributed by atoms with Crippen molar-refractivity contribution < 1.29 is 9.57 Å². The summed E-state index contributed by atoms with van der Waals surface area (Å²) in [6.45, 7) is 7.80. The van der Waals surface area contributed by atoms with Gasteiger partial charge in [0.15, 0.2) is 5.60 Å². The number of rotatable bonds is 2. The monoisotopic (exact) mass is 187 g/mol. The quantitative estimate of drug-likeness (QED) is 0.613. The van der Waals surface area contributed by atoms with Gasteiger partial charge >= 0.3 is 0 Å². The van der Waals surface area contributed by atoms with Crippen molar-refractivity contribution in [1.82, 2.24) is 5.48 Å². The maximum Gasteiger partial charge on any atom is 0.246 e. The van der Waals surface area contributed by atoms with Crippen LogP contribution >= 0.6 is 0 Å². The van der Waals surface area contributed by atoms with Crippen LogP contribution in [0.1, 0.15) is 27.7 Å². The molecule has 1 rings (SSSR count). The van der Waals surface area contributed by atoms with Crippen molar-refractivity contribution in [3.8, 4) is 0 Å². The van der Waals surface area contributed by atoms with Gasteiger partial charge < -0.3 is 4.74 Å². The molecular weight excluding hydrogens is 170 g/mol. The molecule has 76 valence electrons. The molecule has 3 N–H and O–H groups in total. The van der Waals surface area contributed by atoms with E-state index >= 15 is 0 Å².